The van der Waals surface area contributed by atoms with Crippen molar-refractivity contribution < 1.29 is 9.47 Å². The number of rotatable bonds is 4. The summed E-state index contributed by atoms with van der Waals surface area (Å²) in [6, 6.07) is 16.1. The molecule has 0 aliphatic heterocycles. The zero-order chi connectivity index (χ0) is 16.2. The van der Waals surface area contributed by atoms with Crippen molar-refractivity contribution in [1.29, 1.82) is 0 Å². The van der Waals surface area contributed by atoms with Gasteiger partial charge in [0, 0.05) is 5.39 Å². The van der Waals surface area contributed by atoms with Crippen molar-refractivity contribution in [2.75, 3.05) is 14.2 Å². The molecule has 1 aromatic heterocycles. The first-order valence-corrected chi connectivity index (χ1v) is 7.48. The van der Waals surface area contributed by atoms with Gasteiger partial charge < -0.3 is 9.47 Å². The fraction of sp³-hybridized carbons (Fsp3) is 0.150. The Balaban J connectivity index is 1.93. The van der Waals surface area contributed by atoms with Crippen LogP contribution in [-0.4, -0.2) is 19.2 Å². The molecule has 0 radical (unpaired) electrons. The van der Waals surface area contributed by atoms with Gasteiger partial charge in [0.1, 0.15) is 17.0 Å². The van der Waals surface area contributed by atoms with E-state index in [9.17, 15) is 0 Å². The summed E-state index contributed by atoms with van der Waals surface area (Å²) in [6.45, 7) is 2.04. The van der Waals surface area contributed by atoms with Crippen LogP contribution in [0.15, 0.2) is 48.5 Å². The fourth-order valence-corrected chi connectivity index (χ4v) is 2.58. The van der Waals surface area contributed by atoms with Crippen LogP contribution in [0.5, 0.6) is 11.5 Å². The molecule has 0 aliphatic rings. The molecular formula is C20H19NO2. The van der Waals surface area contributed by atoms with Gasteiger partial charge in [-0.25, -0.2) is 4.98 Å². The number of nitrogens with zero attached hydrogens (tertiary/aromatic N) is 1. The molecule has 0 aliphatic carbocycles. The number of hydrogen-bond acceptors (Lipinski definition) is 3. The van der Waals surface area contributed by atoms with Crippen molar-refractivity contribution in [1.82, 2.24) is 4.98 Å². The third-order valence-corrected chi connectivity index (χ3v) is 3.79. The summed E-state index contributed by atoms with van der Waals surface area (Å²) in [4.78, 5) is 4.68. The lowest BCUT2D eigenvalue weighted by Gasteiger charge is -2.06. The Morgan fingerprint density at radius 1 is 0.870 bits per heavy atom. The zero-order valence-electron chi connectivity index (χ0n) is 13.5. The van der Waals surface area contributed by atoms with Crippen LogP contribution < -0.4 is 9.47 Å². The Bertz CT molecular complexity index is 869. The third-order valence-electron chi connectivity index (χ3n) is 3.79. The minimum absolute atomic E-state index is 0.790. The Hall–Kier alpha value is -2.81. The number of ether oxygens (including phenoxy) is 2. The van der Waals surface area contributed by atoms with E-state index >= 15 is 0 Å². The van der Waals surface area contributed by atoms with Gasteiger partial charge >= 0.3 is 0 Å². The molecule has 3 nitrogen and oxygen atoms in total. The molecule has 3 heteroatoms. The lowest BCUT2D eigenvalue weighted by Crippen LogP contribution is -1.89. The number of fused-ring (bicyclic) bond motifs is 1. The summed E-state index contributed by atoms with van der Waals surface area (Å²) >= 11 is 0. The highest BCUT2D eigenvalue weighted by Crippen LogP contribution is 2.24. The predicted octanol–water partition coefficient (Wildman–Crippen LogP) is 4.73. The highest BCUT2D eigenvalue weighted by molar-refractivity contribution is 5.86. The Labute approximate surface area is 136 Å². The lowest BCUT2D eigenvalue weighted by atomic mass is 10.1. The van der Waals surface area contributed by atoms with Crippen molar-refractivity contribution in [2.45, 2.75) is 6.92 Å². The maximum absolute atomic E-state index is 5.39. The van der Waals surface area contributed by atoms with E-state index in [-0.39, 0.29) is 0 Å². The summed E-state index contributed by atoms with van der Waals surface area (Å²) in [6.07, 6.45) is 4.06. The maximum Gasteiger partial charge on any atom is 0.145 e. The molecule has 3 aromatic rings. The highest BCUT2D eigenvalue weighted by atomic mass is 16.5. The highest BCUT2D eigenvalue weighted by Gasteiger charge is 2.03. The van der Waals surface area contributed by atoms with E-state index in [1.54, 1.807) is 14.2 Å². The second-order valence-corrected chi connectivity index (χ2v) is 5.33. The van der Waals surface area contributed by atoms with Gasteiger partial charge in [-0.15, -0.1) is 0 Å². The van der Waals surface area contributed by atoms with E-state index in [4.69, 9.17) is 9.47 Å². The van der Waals surface area contributed by atoms with Crippen molar-refractivity contribution in [3.05, 3.63) is 65.4 Å². The van der Waals surface area contributed by atoms with Crippen LogP contribution in [0.2, 0.25) is 0 Å². The number of benzene rings is 2. The molecule has 0 bridgehead atoms. The van der Waals surface area contributed by atoms with Crippen LogP contribution in [-0.2, 0) is 0 Å². The van der Waals surface area contributed by atoms with Crippen molar-refractivity contribution in [3.8, 4) is 11.5 Å². The van der Waals surface area contributed by atoms with Gasteiger partial charge in [-0.2, -0.15) is 0 Å². The molecule has 0 N–H and O–H groups in total. The Morgan fingerprint density at radius 3 is 2.43 bits per heavy atom. The standard InChI is InChI=1S/C20H19NO2/c1-14-13-15(8-12-18(14)22-2)7-10-17-11-9-16-5-4-6-19(23-3)20(16)21-17/h4-13H,1-3H3/b10-7+. The van der Waals surface area contributed by atoms with Gasteiger partial charge in [0.05, 0.1) is 19.9 Å². The Morgan fingerprint density at radius 2 is 1.70 bits per heavy atom. The molecule has 3 rings (SSSR count). The molecule has 0 unspecified atom stereocenters. The number of para-hydroxylation sites is 1. The summed E-state index contributed by atoms with van der Waals surface area (Å²) in [5.41, 5.74) is 4.01. The number of pyridine rings is 1. The fourth-order valence-electron chi connectivity index (χ4n) is 2.58. The van der Waals surface area contributed by atoms with Gasteiger partial charge in [-0.3, -0.25) is 0 Å². The summed E-state index contributed by atoms with van der Waals surface area (Å²) in [5, 5.41) is 1.07. The normalized spacial score (nSPS) is 11.1. The smallest absolute Gasteiger partial charge is 0.145 e. The molecule has 2 aromatic carbocycles. The van der Waals surface area contributed by atoms with Gasteiger partial charge in [0.15, 0.2) is 0 Å². The van der Waals surface area contributed by atoms with Gasteiger partial charge in [-0.05, 0) is 48.4 Å². The van der Waals surface area contributed by atoms with Crippen molar-refractivity contribution in [2.24, 2.45) is 0 Å². The minimum Gasteiger partial charge on any atom is -0.496 e. The average Bonchev–Trinajstić information content (AvgIpc) is 2.59. The third kappa shape index (κ3) is 3.19. The van der Waals surface area contributed by atoms with E-state index in [1.807, 2.05) is 49.4 Å². The summed E-state index contributed by atoms with van der Waals surface area (Å²) in [5.74, 6) is 1.69. The second kappa shape index (κ2) is 6.53. The monoisotopic (exact) mass is 305 g/mol. The minimum atomic E-state index is 0.790. The van der Waals surface area contributed by atoms with Crippen LogP contribution >= 0.6 is 0 Å². The maximum atomic E-state index is 5.39. The molecule has 0 spiro atoms. The number of aromatic nitrogens is 1. The Kier molecular flexibility index (Phi) is 4.29. The molecule has 0 saturated carbocycles. The molecule has 1 heterocycles. The number of aryl methyl sites for hydroxylation is 1. The predicted molar refractivity (Wildman–Crippen MR) is 95.0 cm³/mol. The van der Waals surface area contributed by atoms with E-state index in [0.717, 1.165) is 39.2 Å². The van der Waals surface area contributed by atoms with E-state index in [0.29, 0.717) is 0 Å². The first-order chi connectivity index (χ1) is 11.2. The molecular weight excluding hydrogens is 286 g/mol. The molecule has 116 valence electrons. The van der Waals surface area contributed by atoms with Crippen molar-refractivity contribution >= 4 is 23.1 Å². The van der Waals surface area contributed by atoms with Crippen molar-refractivity contribution in [3.63, 3.8) is 0 Å². The van der Waals surface area contributed by atoms with Crippen LogP contribution in [0.25, 0.3) is 23.1 Å². The second-order valence-electron chi connectivity index (χ2n) is 5.33. The molecule has 0 amide bonds. The molecule has 0 fully saturated rings. The zero-order valence-corrected chi connectivity index (χ0v) is 13.5. The quantitative estimate of drug-likeness (QED) is 0.698. The van der Waals surface area contributed by atoms with E-state index in [2.05, 4.69) is 23.2 Å². The summed E-state index contributed by atoms with van der Waals surface area (Å²) < 4.78 is 10.7. The first kappa shape index (κ1) is 15.1. The number of hydrogen-bond donors (Lipinski definition) is 0. The molecule has 0 saturated heterocycles. The molecule has 0 atom stereocenters. The van der Waals surface area contributed by atoms with Crippen LogP contribution in [0.4, 0.5) is 0 Å². The molecule has 23 heavy (non-hydrogen) atoms. The van der Waals surface area contributed by atoms with Gasteiger partial charge in [-0.1, -0.05) is 30.3 Å². The summed E-state index contributed by atoms with van der Waals surface area (Å²) in [7, 11) is 3.35. The SMILES string of the molecule is COc1ccc(/C=C/c2ccc3cccc(OC)c3n2)cc1C. The van der Waals surface area contributed by atoms with Gasteiger partial charge in [0.25, 0.3) is 0 Å². The van der Waals surface area contributed by atoms with Crippen LogP contribution in [0, 0.1) is 6.92 Å². The first-order valence-electron chi connectivity index (χ1n) is 7.48. The van der Waals surface area contributed by atoms with Gasteiger partial charge in [0.2, 0.25) is 0 Å². The largest absolute Gasteiger partial charge is 0.496 e. The van der Waals surface area contributed by atoms with E-state index in [1.165, 1.54) is 0 Å². The number of methoxy groups -OCH3 is 2. The van der Waals surface area contributed by atoms with E-state index < -0.39 is 0 Å². The topological polar surface area (TPSA) is 31.4 Å². The van der Waals surface area contributed by atoms with Crippen LogP contribution in [0.1, 0.15) is 16.8 Å². The van der Waals surface area contributed by atoms with Crippen LogP contribution in [0.3, 0.4) is 0 Å². The lowest BCUT2D eigenvalue weighted by molar-refractivity contribution is 0.411. The average molecular weight is 305 g/mol.